The fourth-order valence-electron chi connectivity index (χ4n) is 9.72. The molecule has 9 rings (SSSR count). The lowest BCUT2D eigenvalue weighted by Crippen LogP contribution is -2.16. The second-order valence-corrected chi connectivity index (χ2v) is 17.6. The van der Waals surface area contributed by atoms with Gasteiger partial charge < -0.3 is 10.2 Å². The lowest BCUT2D eigenvalue weighted by molar-refractivity contribution is 0.755. The van der Waals surface area contributed by atoms with E-state index in [0.717, 1.165) is 12.8 Å². The van der Waals surface area contributed by atoms with Gasteiger partial charge in [-0.15, -0.1) is 0 Å². The van der Waals surface area contributed by atoms with Crippen molar-refractivity contribution in [1.82, 2.24) is 0 Å². The van der Waals surface area contributed by atoms with Gasteiger partial charge in [0.2, 0.25) is 0 Å². The zero-order chi connectivity index (χ0) is 46.0. The summed E-state index contributed by atoms with van der Waals surface area (Å²) in [6, 6.07) is 49.2. The van der Waals surface area contributed by atoms with Gasteiger partial charge in [-0.2, -0.15) is 0 Å². The molecule has 0 aromatic heterocycles. The fraction of sp³-hybridized carbons (Fsp3) is 0.238. The van der Waals surface area contributed by atoms with Gasteiger partial charge in [0, 0.05) is 40.7 Å². The van der Waals surface area contributed by atoms with E-state index in [4.69, 9.17) is 0 Å². The van der Waals surface area contributed by atoms with E-state index in [1.165, 1.54) is 99.6 Å². The van der Waals surface area contributed by atoms with Crippen LogP contribution in [0.15, 0.2) is 176 Å². The van der Waals surface area contributed by atoms with Gasteiger partial charge in [-0.3, -0.25) is 0 Å². The average molecular weight is 853 g/mol. The molecule has 0 bridgehead atoms. The molecule has 2 nitrogen and oxygen atoms in total. The van der Waals surface area contributed by atoms with Crippen LogP contribution < -0.4 is 10.2 Å². The minimum absolute atomic E-state index is 0.331. The number of allylic oxidation sites excluding steroid dienone is 7. The Kier molecular flexibility index (Phi) is 15.2. The summed E-state index contributed by atoms with van der Waals surface area (Å²) in [4.78, 5) is 2.56. The first kappa shape index (κ1) is 46.4. The predicted octanol–water partition coefficient (Wildman–Crippen LogP) is 18.9. The molecule has 1 N–H and O–H groups in total. The van der Waals surface area contributed by atoms with Crippen LogP contribution in [-0.4, -0.2) is 7.05 Å². The fourth-order valence-corrected chi connectivity index (χ4v) is 9.72. The van der Waals surface area contributed by atoms with E-state index in [-0.39, 0.29) is 0 Å². The minimum atomic E-state index is 0.331. The van der Waals surface area contributed by atoms with E-state index < -0.39 is 0 Å². The predicted molar refractivity (Wildman–Crippen MR) is 289 cm³/mol. The van der Waals surface area contributed by atoms with Crippen LogP contribution in [0, 0.1) is 13.8 Å². The van der Waals surface area contributed by atoms with Crippen LogP contribution in [0.2, 0.25) is 0 Å². The molecular formula is C63H68N2. The molecule has 0 amide bonds. The van der Waals surface area contributed by atoms with Crippen molar-refractivity contribution in [2.45, 2.75) is 92.9 Å². The quantitative estimate of drug-likeness (QED) is 0.109. The van der Waals surface area contributed by atoms with Crippen LogP contribution in [0.5, 0.6) is 0 Å². The first-order chi connectivity index (χ1) is 31.7. The maximum atomic E-state index is 3.26. The number of aryl methyl sites for hydroxylation is 2. The van der Waals surface area contributed by atoms with Crippen LogP contribution in [0.3, 0.4) is 0 Å². The Hall–Kier alpha value is -6.64. The van der Waals surface area contributed by atoms with Gasteiger partial charge in [-0.1, -0.05) is 205 Å². The summed E-state index contributed by atoms with van der Waals surface area (Å²) >= 11 is 0. The second kappa shape index (κ2) is 21.4. The topological polar surface area (TPSA) is 15.3 Å². The summed E-state index contributed by atoms with van der Waals surface area (Å²) in [5, 5.41) is 11.4. The van der Waals surface area contributed by atoms with Crippen molar-refractivity contribution in [1.29, 1.82) is 0 Å². The van der Waals surface area contributed by atoms with Crippen molar-refractivity contribution >= 4 is 61.1 Å². The number of benzene rings is 8. The first-order valence-electron chi connectivity index (χ1n) is 23.9. The highest BCUT2D eigenvalue weighted by molar-refractivity contribution is 6.28. The van der Waals surface area contributed by atoms with E-state index in [0.29, 0.717) is 17.8 Å². The smallest absolute Gasteiger partial charge is 0.0546 e. The molecule has 8 aromatic carbocycles. The normalized spacial score (nSPS) is 13.8. The molecule has 1 unspecified atom stereocenters. The number of nitrogens with zero attached hydrogens (tertiary/aromatic N) is 1. The van der Waals surface area contributed by atoms with Gasteiger partial charge >= 0.3 is 0 Å². The van der Waals surface area contributed by atoms with Gasteiger partial charge in [0.05, 0.1) is 11.4 Å². The third-order valence-electron chi connectivity index (χ3n) is 12.8. The lowest BCUT2D eigenvalue weighted by Gasteiger charge is -2.33. The largest absolute Gasteiger partial charge is 0.387 e. The molecular weight excluding hydrogens is 785 g/mol. The molecule has 2 heteroatoms. The Bertz CT molecular complexity index is 2930. The van der Waals surface area contributed by atoms with Crippen LogP contribution in [-0.2, 0) is 0 Å². The zero-order valence-electron chi connectivity index (χ0n) is 40.4. The molecule has 0 saturated carbocycles. The van der Waals surface area contributed by atoms with Crippen molar-refractivity contribution in [2.75, 3.05) is 17.3 Å². The highest BCUT2D eigenvalue weighted by atomic mass is 15.1. The standard InChI is InChI=1S/C47H47N.C14H15N.C2H6/c1-7-8-12-21-35-29-44(41-28-27-40-43(32(4)5)30-42(31(2)3)39-26-25-37(35)45(41)46(39)40)48(36-22-15-11-16-23-36)47-33(6)18-17-24-38(47)34-19-13-9-10-14-20-34;1-11-7-6-10-13(14(11)15-2)12-8-4-3-5-9-12;1-2/h7-13,15-19,21-32,34H,14,20H2,1-6H3;3-10,15H,1-2H3;1-2H3/b8-7-,21-12-;;. The maximum Gasteiger partial charge on any atom is 0.0546 e. The van der Waals surface area contributed by atoms with E-state index in [1.807, 2.05) is 27.0 Å². The van der Waals surface area contributed by atoms with Crippen molar-refractivity contribution < 1.29 is 0 Å². The van der Waals surface area contributed by atoms with Crippen LogP contribution in [0.25, 0.3) is 49.5 Å². The highest BCUT2D eigenvalue weighted by Gasteiger charge is 2.26. The molecule has 0 spiro atoms. The van der Waals surface area contributed by atoms with E-state index >= 15 is 0 Å². The summed E-state index contributed by atoms with van der Waals surface area (Å²) in [5.74, 6) is 1.19. The molecule has 0 radical (unpaired) electrons. The molecule has 0 aliphatic heterocycles. The SMILES string of the molecule is C/C=C\C=C/c1cc(N(c2ccccc2)c2c(C)cccc2C2C=CC=CCC2)c2ccc3c(C(C)C)cc(C(C)C)c4ccc1c2c43.CC.CNc1c(C)cccc1-c1ccccc1. The summed E-state index contributed by atoms with van der Waals surface area (Å²) < 4.78 is 0. The number of para-hydroxylation sites is 3. The van der Waals surface area contributed by atoms with Gasteiger partial charge in [-0.25, -0.2) is 0 Å². The Morgan fingerprint density at radius 2 is 1.25 bits per heavy atom. The van der Waals surface area contributed by atoms with Gasteiger partial charge in [-0.05, 0) is 124 Å². The van der Waals surface area contributed by atoms with Crippen molar-refractivity contribution in [3.63, 3.8) is 0 Å². The molecule has 1 aliphatic rings. The van der Waals surface area contributed by atoms with Crippen molar-refractivity contribution in [2.24, 2.45) is 0 Å². The molecule has 1 aliphatic carbocycles. The number of rotatable bonds is 10. The second-order valence-electron chi connectivity index (χ2n) is 17.6. The van der Waals surface area contributed by atoms with Crippen LogP contribution in [0.1, 0.15) is 112 Å². The molecule has 330 valence electrons. The molecule has 0 heterocycles. The van der Waals surface area contributed by atoms with E-state index in [9.17, 15) is 0 Å². The van der Waals surface area contributed by atoms with Crippen molar-refractivity contribution in [3.8, 4) is 11.1 Å². The highest BCUT2D eigenvalue weighted by Crippen LogP contribution is 2.50. The Balaban J connectivity index is 0.000000312. The zero-order valence-corrected chi connectivity index (χ0v) is 40.4. The average Bonchev–Trinajstić information content (AvgIpc) is 3.63. The molecule has 0 fully saturated rings. The maximum absolute atomic E-state index is 3.26. The Morgan fingerprint density at radius 3 is 1.91 bits per heavy atom. The molecule has 8 aromatic rings. The van der Waals surface area contributed by atoms with Gasteiger partial charge in [0.25, 0.3) is 0 Å². The number of hydrogen-bond donors (Lipinski definition) is 1. The van der Waals surface area contributed by atoms with Crippen molar-refractivity contribution in [3.05, 3.63) is 209 Å². The van der Waals surface area contributed by atoms with E-state index in [1.54, 1.807) is 0 Å². The number of anilines is 4. The summed E-state index contributed by atoms with van der Waals surface area (Å²) in [6.07, 6.45) is 20.0. The van der Waals surface area contributed by atoms with E-state index in [2.05, 4.69) is 235 Å². The number of nitrogens with one attached hydrogen (secondary N) is 1. The van der Waals surface area contributed by atoms with Gasteiger partial charge in [0.15, 0.2) is 0 Å². The Morgan fingerprint density at radius 1 is 0.631 bits per heavy atom. The summed E-state index contributed by atoms with van der Waals surface area (Å²) in [6.45, 7) is 19.8. The lowest BCUT2D eigenvalue weighted by atomic mass is 9.82. The van der Waals surface area contributed by atoms with Crippen LogP contribution >= 0.6 is 0 Å². The molecule has 1 atom stereocenters. The summed E-state index contributed by atoms with van der Waals surface area (Å²) in [5.41, 5.74) is 15.4. The minimum Gasteiger partial charge on any atom is -0.387 e. The third kappa shape index (κ3) is 9.59. The Labute approximate surface area is 390 Å². The number of hydrogen-bond acceptors (Lipinski definition) is 2. The summed E-state index contributed by atoms with van der Waals surface area (Å²) in [7, 11) is 1.97. The monoisotopic (exact) mass is 853 g/mol. The third-order valence-corrected chi connectivity index (χ3v) is 12.8. The molecule has 65 heavy (non-hydrogen) atoms. The first-order valence-corrected chi connectivity index (χ1v) is 23.9. The van der Waals surface area contributed by atoms with Crippen LogP contribution in [0.4, 0.5) is 22.7 Å². The van der Waals surface area contributed by atoms with Gasteiger partial charge in [0.1, 0.15) is 0 Å². The molecule has 0 saturated heterocycles.